The van der Waals surface area contributed by atoms with Crippen molar-refractivity contribution >= 4 is 12.2 Å². The minimum atomic E-state index is -0.273. The lowest BCUT2D eigenvalue weighted by atomic mass is 10.1. The number of hydrogen-bond donors (Lipinski definition) is 1. The fourth-order valence-corrected chi connectivity index (χ4v) is 1.87. The van der Waals surface area contributed by atoms with Crippen molar-refractivity contribution in [2.24, 2.45) is 0 Å². The molecule has 1 N–H and O–H groups in total. The molecule has 1 aromatic heterocycles. The van der Waals surface area contributed by atoms with Gasteiger partial charge >= 0.3 is 0 Å². The molecule has 0 unspecified atom stereocenters. The highest BCUT2D eigenvalue weighted by atomic mass is 32.1. The van der Waals surface area contributed by atoms with Gasteiger partial charge in [0.25, 0.3) is 0 Å². The minimum Gasteiger partial charge on any atom is -0.343 e. The Balaban J connectivity index is 2.69. The zero-order valence-corrected chi connectivity index (χ0v) is 10.8. The summed E-state index contributed by atoms with van der Waals surface area (Å²) in [4.78, 5) is 7.45. The number of aromatic nitrogens is 2. The van der Waals surface area contributed by atoms with E-state index in [-0.39, 0.29) is 5.82 Å². The molecule has 0 fully saturated rings. The molecule has 0 bridgehead atoms. The first-order valence-corrected chi connectivity index (χ1v) is 5.74. The Kier molecular flexibility index (Phi) is 3.07. The fraction of sp³-hybridized carbons (Fsp3) is 0.231. The summed E-state index contributed by atoms with van der Waals surface area (Å²) in [5.41, 5.74) is 3.63. The summed E-state index contributed by atoms with van der Waals surface area (Å²) < 4.78 is 13.8. The van der Waals surface area contributed by atoms with Gasteiger partial charge in [-0.25, -0.2) is 9.37 Å². The molecule has 0 spiro atoms. The number of aromatic amines is 1. The Morgan fingerprint density at radius 2 is 1.94 bits per heavy atom. The van der Waals surface area contributed by atoms with Gasteiger partial charge in [0, 0.05) is 16.8 Å². The van der Waals surface area contributed by atoms with Crippen molar-refractivity contribution in [3.63, 3.8) is 0 Å². The second kappa shape index (κ2) is 4.37. The highest BCUT2D eigenvalue weighted by Crippen LogP contribution is 2.21. The number of H-pyrrole nitrogens is 1. The van der Waals surface area contributed by atoms with Gasteiger partial charge in [0.1, 0.15) is 16.3 Å². The average molecular weight is 248 g/mol. The van der Waals surface area contributed by atoms with E-state index in [1.54, 1.807) is 6.07 Å². The number of hydrogen-bond acceptors (Lipinski definition) is 2. The van der Waals surface area contributed by atoms with Gasteiger partial charge in [-0.2, -0.15) is 0 Å². The van der Waals surface area contributed by atoms with Crippen molar-refractivity contribution in [2.75, 3.05) is 0 Å². The maximum absolute atomic E-state index is 13.2. The highest BCUT2D eigenvalue weighted by molar-refractivity contribution is 7.71. The molecule has 2 nitrogen and oxygen atoms in total. The molecule has 2 aromatic rings. The highest BCUT2D eigenvalue weighted by Gasteiger charge is 2.07. The molecule has 0 aliphatic carbocycles. The molecule has 0 aliphatic rings. The van der Waals surface area contributed by atoms with E-state index in [4.69, 9.17) is 12.2 Å². The van der Waals surface area contributed by atoms with Crippen molar-refractivity contribution in [1.82, 2.24) is 9.97 Å². The summed E-state index contributed by atoms with van der Waals surface area (Å²) in [5.74, 6) is 0.347. The van der Waals surface area contributed by atoms with Crippen molar-refractivity contribution in [2.45, 2.75) is 20.8 Å². The Morgan fingerprint density at radius 3 is 2.59 bits per heavy atom. The van der Waals surface area contributed by atoms with Crippen LogP contribution in [0.3, 0.4) is 0 Å². The molecule has 0 radical (unpaired) electrons. The predicted octanol–water partition coefficient (Wildman–Crippen LogP) is 3.87. The first-order chi connectivity index (χ1) is 7.99. The molecule has 1 aromatic carbocycles. The molecular weight excluding hydrogens is 235 g/mol. The van der Waals surface area contributed by atoms with E-state index in [9.17, 15) is 4.39 Å². The smallest absolute Gasteiger partial charge is 0.139 e. The van der Waals surface area contributed by atoms with Crippen LogP contribution in [0.1, 0.15) is 16.8 Å². The molecule has 4 heteroatoms. The molecule has 0 amide bonds. The second-order valence-electron chi connectivity index (χ2n) is 4.10. The second-order valence-corrected chi connectivity index (χ2v) is 4.49. The summed E-state index contributed by atoms with van der Waals surface area (Å²) in [5, 5.41) is 0. The van der Waals surface area contributed by atoms with Gasteiger partial charge in [0.2, 0.25) is 0 Å². The Hall–Kier alpha value is -1.55. The quantitative estimate of drug-likeness (QED) is 0.776. The number of nitrogens with one attached hydrogen (secondary N) is 1. The SMILES string of the molecule is Cc1ccc(F)cc1-c1nc(=S)c(C)c(C)[nH]1. The largest absolute Gasteiger partial charge is 0.343 e. The summed E-state index contributed by atoms with van der Waals surface area (Å²) >= 11 is 5.18. The van der Waals surface area contributed by atoms with E-state index >= 15 is 0 Å². The molecule has 2 rings (SSSR count). The van der Waals surface area contributed by atoms with Crippen molar-refractivity contribution < 1.29 is 4.39 Å². The van der Waals surface area contributed by atoms with Crippen molar-refractivity contribution in [3.8, 4) is 11.4 Å². The van der Waals surface area contributed by atoms with Crippen molar-refractivity contribution in [1.29, 1.82) is 0 Å². The molecule has 0 aliphatic heterocycles. The number of rotatable bonds is 1. The van der Waals surface area contributed by atoms with E-state index in [2.05, 4.69) is 9.97 Å². The number of nitrogens with zero attached hydrogens (tertiary/aromatic N) is 1. The molecule has 0 saturated heterocycles. The average Bonchev–Trinajstić information content (AvgIpc) is 2.28. The standard InChI is InChI=1S/C13H13FN2S/c1-7-4-5-10(14)6-11(7)12-15-9(3)8(2)13(17)16-12/h4-6H,1-3H3,(H,15,16,17). The molecule has 1 heterocycles. The Labute approximate surface area is 105 Å². The van der Waals surface area contributed by atoms with Gasteiger partial charge in [-0.15, -0.1) is 0 Å². The van der Waals surface area contributed by atoms with Crippen LogP contribution >= 0.6 is 12.2 Å². The predicted molar refractivity (Wildman–Crippen MR) is 69.0 cm³/mol. The molecule has 0 atom stereocenters. The van der Waals surface area contributed by atoms with E-state index in [1.165, 1.54) is 12.1 Å². The van der Waals surface area contributed by atoms with E-state index in [0.29, 0.717) is 10.5 Å². The van der Waals surface area contributed by atoms with Crippen LogP contribution in [0.5, 0.6) is 0 Å². The first-order valence-electron chi connectivity index (χ1n) is 5.33. The third-order valence-corrected chi connectivity index (χ3v) is 3.25. The zero-order chi connectivity index (χ0) is 12.6. The van der Waals surface area contributed by atoms with Gasteiger partial charge in [0.15, 0.2) is 0 Å². The van der Waals surface area contributed by atoms with E-state index in [0.717, 1.165) is 22.4 Å². The summed E-state index contributed by atoms with van der Waals surface area (Å²) in [6, 6.07) is 4.64. The lowest BCUT2D eigenvalue weighted by Gasteiger charge is -2.08. The van der Waals surface area contributed by atoms with Crippen LogP contribution < -0.4 is 0 Å². The first kappa shape index (κ1) is 11.9. The van der Waals surface area contributed by atoms with Crippen LogP contribution in [-0.2, 0) is 0 Å². The van der Waals surface area contributed by atoms with Gasteiger partial charge in [-0.3, -0.25) is 0 Å². The van der Waals surface area contributed by atoms with Crippen molar-refractivity contribution in [3.05, 3.63) is 45.5 Å². The maximum Gasteiger partial charge on any atom is 0.139 e. The Morgan fingerprint density at radius 1 is 1.24 bits per heavy atom. The summed E-state index contributed by atoms with van der Waals surface area (Å²) in [6.07, 6.45) is 0. The number of halogens is 1. The fourth-order valence-electron chi connectivity index (χ4n) is 1.62. The minimum absolute atomic E-state index is 0.273. The van der Waals surface area contributed by atoms with Crippen LogP contribution in [0.25, 0.3) is 11.4 Å². The van der Waals surface area contributed by atoms with Crippen LogP contribution in [0.4, 0.5) is 4.39 Å². The third kappa shape index (κ3) is 2.26. The maximum atomic E-state index is 13.2. The normalized spacial score (nSPS) is 10.6. The zero-order valence-electron chi connectivity index (χ0n) is 9.97. The van der Waals surface area contributed by atoms with Gasteiger partial charge in [-0.1, -0.05) is 18.3 Å². The van der Waals surface area contributed by atoms with E-state index in [1.807, 2.05) is 20.8 Å². The summed E-state index contributed by atoms with van der Waals surface area (Å²) in [7, 11) is 0. The van der Waals surface area contributed by atoms with Crippen LogP contribution in [0.2, 0.25) is 0 Å². The van der Waals surface area contributed by atoms with Crippen LogP contribution in [-0.4, -0.2) is 9.97 Å². The lowest BCUT2D eigenvalue weighted by Crippen LogP contribution is -1.98. The monoisotopic (exact) mass is 248 g/mol. The lowest BCUT2D eigenvalue weighted by molar-refractivity contribution is 0.627. The van der Waals surface area contributed by atoms with E-state index < -0.39 is 0 Å². The number of benzene rings is 1. The number of aryl methyl sites for hydroxylation is 2. The van der Waals surface area contributed by atoms with Crippen LogP contribution in [0, 0.1) is 31.2 Å². The molecule has 17 heavy (non-hydrogen) atoms. The topological polar surface area (TPSA) is 28.7 Å². The molecule has 0 saturated carbocycles. The van der Waals surface area contributed by atoms with Gasteiger partial charge < -0.3 is 4.98 Å². The van der Waals surface area contributed by atoms with Gasteiger partial charge in [0.05, 0.1) is 0 Å². The molecule has 88 valence electrons. The molecular formula is C13H13FN2S. The van der Waals surface area contributed by atoms with Crippen LogP contribution in [0.15, 0.2) is 18.2 Å². The van der Waals surface area contributed by atoms with Gasteiger partial charge in [-0.05, 0) is 38.5 Å². The summed E-state index contributed by atoms with van der Waals surface area (Å²) in [6.45, 7) is 5.77. The third-order valence-electron chi connectivity index (χ3n) is 2.86. The Bertz CT molecular complexity index is 632.